The second-order valence-electron chi connectivity index (χ2n) is 6.75. The number of amides is 1. The Hall–Kier alpha value is -2.43. The number of para-hydroxylation sites is 1. The molecule has 1 N–H and O–H groups in total. The van der Waals surface area contributed by atoms with E-state index in [1.165, 1.54) is 5.56 Å². The lowest BCUT2D eigenvalue weighted by Crippen LogP contribution is -2.48. The van der Waals surface area contributed by atoms with Crippen molar-refractivity contribution >= 4 is 17.7 Å². The van der Waals surface area contributed by atoms with Gasteiger partial charge in [0.2, 0.25) is 5.91 Å². The number of benzene rings is 2. The fourth-order valence-corrected chi connectivity index (χ4v) is 3.14. The summed E-state index contributed by atoms with van der Waals surface area (Å²) in [5.74, 6) is 0.0664. The van der Waals surface area contributed by atoms with Crippen LogP contribution in [0.25, 0.3) is 6.08 Å². The van der Waals surface area contributed by atoms with E-state index < -0.39 is 0 Å². The molecule has 0 aliphatic carbocycles. The van der Waals surface area contributed by atoms with E-state index in [0.29, 0.717) is 6.54 Å². The van der Waals surface area contributed by atoms with Crippen LogP contribution in [-0.4, -0.2) is 55.0 Å². The zero-order valence-electron chi connectivity index (χ0n) is 15.4. The van der Waals surface area contributed by atoms with Crippen LogP contribution in [0.4, 0.5) is 5.69 Å². The first-order valence-electron chi connectivity index (χ1n) is 9.22. The van der Waals surface area contributed by atoms with Gasteiger partial charge in [-0.1, -0.05) is 60.7 Å². The van der Waals surface area contributed by atoms with Crippen molar-refractivity contribution in [2.24, 2.45) is 0 Å². The van der Waals surface area contributed by atoms with Gasteiger partial charge in [-0.15, -0.1) is 0 Å². The van der Waals surface area contributed by atoms with Crippen LogP contribution in [0.5, 0.6) is 0 Å². The number of carbonyl (C=O) groups is 1. The van der Waals surface area contributed by atoms with Gasteiger partial charge >= 0.3 is 0 Å². The average Bonchev–Trinajstić information content (AvgIpc) is 2.66. The van der Waals surface area contributed by atoms with Gasteiger partial charge in [-0.05, 0) is 24.1 Å². The van der Waals surface area contributed by atoms with Crippen LogP contribution >= 0.6 is 0 Å². The third-order valence-corrected chi connectivity index (χ3v) is 4.72. The van der Waals surface area contributed by atoms with E-state index in [2.05, 4.69) is 51.5 Å². The molecule has 1 heterocycles. The van der Waals surface area contributed by atoms with Crippen molar-refractivity contribution in [1.29, 1.82) is 0 Å². The molecular formula is C22H27N3O. The fraction of sp³-hybridized carbons (Fsp3) is 0.318. The molecule has 1 saturated heterocycles. The highest BCUT2D eigenvalue weighted by Crippen LogP contribution is 2.13. The van der Waals surface area contributed by atoms with Crippen molar-refractivity contribution in [1.82, 2.24) is 9.80 Å². The monoisotopic (exact) mass is 349 g/mol. The molecule has 0 saturated carbocycles. The second-order valence-corrected chi connectivity index (χ2v) is 6.75. The minimum atomic E-state index is 0.0664. The topological polar surface area (TPSA) is 35.6 Å². The standard InChI is InChI=1S/C22H27N3O/c1-19-8-5-6-12-21(19)23-22(26)18-25-16-14-24(15-17-25)13-7-11-20-9-3-2-4-10-20/h2-12H,13-18H2,1H3,(H,23,26). The normalized spacial score (nSPS) is 16.0. The molecule has 0 bridgehead atoms. The lowest BCUT2D eigenvalue weighted by Gasteiger charge is -2.33. The third kappa shape index (κ3) is 5.55. The van der Waals surface area contributed by atoms with Gasteiger partial charge in [-0.25, -0.2) is 0 Å². The molecule has 4 heteroatoms. The van der Waals surface area contributed by atoms with Crippen LogP contribution < -0.4 is 5.32 Å². The van der Waals surface area contributed by atoms with E-state index in [0.717, 1.165) is 44.0 Å². The zero-order valence-corrected chi connectivity index (χ0v) is 15.4. The Labute approximate surface area is 156 Å². The molecule has 1 amide bonds. The molecule has 4 nitrogen and oxygen atoms in total. The lowest BCUT2D eigenvalue weighted by molar-refractivity contribution is -0.117. The Kier molecular flexibility index (Phi) is 6.58. The van der Waals surface area contributed by atoms with Gasteiger partial charge in [-0.2, -0.15) is 0 Å². The lowest BCUT2D eigenvalue weighted by atomic mass is 10.2. The van der Waals surface area contributed by atoms with Crippen molar-refractivity contribution in [2.45, 2.75) is 6.92 Å². The molecule has 1 fully saturated rings. The smallest absolute Gasteiger partial charge is 0.238 e. The maximum absolute atomic E-state index is 12.3. The van der Waals surface area contributed by atoms with Crippen molar-refractivity contribution in [3.8, 4) is 0 Å². The van der Waals surface area contributed by atoms with Gasteiger partial charge in [0.05, 0.1) is 6.54 Å². The molecule has 1 aliphatic rings. The molecule has 0 spiro atoms. The van der Waals surface area contributed by atoms with Crippen molar-refractivity contribution in [2.75, 3.05) is 44.6 Å². The SMILES string of the molecule is Cc1ccccc1NC(=O)CN1CCN(CC=Cc2ccccc2)CC1. The maximum Gasteiger partial charge on any atom is 0.238 e. The van der Waals surface area contributed by atoms with E-state index in [9.17, 15) is 4.79 Å². The first kappa shape index (κ1) is 18.4. The highest BCUT2D eigenvalue weighted by molar-refractivity contribution is 5.92. The molecule has 0 radical (unpaired) electrons. The highest BCUT2D eigenvalue weighted by atomic mass is 16.2. The number of hydrogen-bond donors (Lipinski definition) is 1. The van der Waals surface area contributed by atoms with Gasteiger partial charge < -0.3 is 5.32 Å². The number of hydrogen-bond acceptors (Lipinski definition) is 3. The number of nitrogens with zero attached hydrogens (tertiary/aromatic N) is 2. The van der Waals surface area contributed by atoms with Crippen molar-refractivity contribution < 1.29 is 4.79 Å². The van der Waals surface area contributed by atoms with E-state index in [4.69, 9.17) is 0 Å². The summed E-state index contributed by atoms with van der Waals surface area (Å²) in [5, 5.41) is 3.02. The van der Waals surface area contributed by atoms with Crippen molar-refractivity contribution in [3.63, 3.8) is 0 Å². The number of anilines is 1. The quantitative estimate of drug-likeness (QED) is 0.869. The predicted molar refractivity (Wildman–Crippen MR) is 108 cm³/mol. The molecule has 26 heavy (non-hydrogen) atoms. The summed E-state index contributed by atoms with van der Waals surface area (Å²) in [6, 6.07) is 18.3. The van der Waals surface area contributed by atoms with Crippen molar-refractivity contribution in [3.05, 3.63) is 71.8 Å². The Bertz CT molecular complexity index is 734. The Balaban J connectivity index is 1.39. The van der Waals surface area contributed by atoms with Crippen LogP contribution in [-0.2, 0) is 4.79 Å². The number of rotatable bonds is 6. The number of aryl methyl sites for hydroxylation is 1. The molecular weight excluding hydrogens is 322 g/mol. The van der Waals surface area contributed by atoms with Gasteiger partial charge in [0.15, 0.2) is 0 Å². The van der Waals surface area contributed by atoms with Crippen LogP contribution in [0.2, 0.25) is 0 Å². The van der Waals surface area contributed by atoms with Gasteiger partial charge in [0.1, 0.15) is 0 Å². The predicted octanol–water partition coefficient (Wildman–Crippen LogP) is 3.26. The molecule has 1 aliphatic heterocycles. The van der Waals surface area contributed by atoms with E-state index in [1.54, 1.807) is 0 Å². The summed E-state index contributed by atoms with van der Waals surface area (Å²) in [6.07, 6.45) is 4.39. The molecule has 136 valence electrons. The van der Waals surface area contributed by atoms with Gasteiger partial charge in [0.25, 0.3) is 0 Å². The molecule has 3 rings (SSSR count). The molecule has 0 unspecified atom stereocenters. The Morgan fingerprint density at radius 3 is 2.35 bits per heavy atom. The highest BCUT2D eigenvalue weighted by Gasteiger charge is 2.18. The molecule has 0 aromatic heterocycles. The van der Waals surface area contributed by atoms with Gasteiger partial charge in [0, 0.05) is 38.4 Å². The van der Waals surface area contributed by atoms with Crippen LogP contribution in [0.3, 0.4) is 0 Å². The summed E-state index contributed by atoms with van der Waals surface area (Å²) in [4.78, 5) is 16.9. The van der Waals surface area contributed by atoms with Crippen LogP contribution in [0.1, 0.15) is 11.1 Å². The van der Waals surface area contributed by atoms with E-state index in [1.807, 2.05) is 37.3 Å². The molecule has 2 aromatic carbocycles. The number of piperazine rings is 1. The van der Waals surface area contributed by atoms with E-state index >= 15 is 0 Å². The Morgan fingerprint density at radius 2 is 1.62 bits per heavy atom. The van der Waals surface area contributed by atoms with Crippen LogP contribution in [0.15, 0.2) is 60.7 Å². The van der Waals surface area contributed by atoms with Gasteiger partial charge in [-0.3, -0.25) is 14.6 Å². The molecule has 2 aromatic rings. The number of nitrogens with one attached hydrogen (secondary N) is 1. The summed E-state index contributed by atoms with van der Waals surface area (Å²) in [7, 11) is 0. The summed E-state index contributed by atoms with van der Waals surface area (Å²) >= 11 is 0. The Morgan fingerprint density at radius 1 is 0.962 bits per heavy atom. The summed E-state index contributed by atoms with van der Waals surface area (Å²) in [6.45, 7) is 7.28. The van der Waals surface area contributed by atoms with Crippen LogP contribution in [0, 0.1) is 6.92 Å². The average molecular weight is 349 g/mol. The molecule has 0 atom stereocenters. The first-order valence-corrected chi connectivity index (χ1v) is 9.22. The number of carbonyl (C=O) groups excluding carboxylic acids is 1. The third-order valence-electron chi connectivity index (χ3n) is 4.72. The minimum absolute atomic E-state index is 0.0664. The fourth-order valence-electron chi connectivity index (χ4n) is 3.14. The second kappa shape index (κ2) is 9.32. The first-order chi connectivity index (χ1) is 12.7. The maximum atomic E-state index is 12.3. The summed E-state index contributed by atoms with van der Waals surface area (Å²) < 4.78 is 0. The summed E-state index contributed by atoms with van der Waals surface area (Å²) in [5.41, 5.74) is 3.23. The van der Waals surface area contributed by atoms with E-state index in [-0.39, 0.29) is 5.91 Å². The largest absolute Gasteiger partial charge is 0.325 e. The minimum Gasteiger partial charge on any atom is -0.325 e. The zero-order chi connectivity index (χ0) is 18.2.